The Balaban J connectivity index is 2.42. The average Bonchev–Trinajstić information content (AvgIpc) is 2.69. The summed E-state index contributed by atoms with van der Waals surface area (Å²) < 4.78 is 22.4. The molecule has 0 atom stereocenters. The van der Waals surface area contributed by atoms with E-state index in [1.54, 1.807) is 36.0 Å². The molecule has 0 bridgehead atoms. The molecule has 2 rings (SSSR count). The zero-order chi connectivity index (χ0) is 10.9. The van der Waals surface area contributed by atoms with Gasteiger partial charge in [0.2, 0.25) is 0 Å². The summed E-state index contributed by atoms with van der Waals surface area (Å²) in [7, 11) is -3.10. The zero-order valence-electron chi connectivity index (χ0n) is 8.04. The molecule has 5 heteroatoms. The Morgan fingerprint density at radius 3 is 2.33 bits per heavy atom. The van der Waals surface area contributed by atoms with Gasteiger partial charge < -0.3 is 0 Å². The van der Waals surface area contributed by atoms with Gasteiger partial charge in [0.15, 0.2) is 9.84 Å². The van der Waals surface area contributed by atoms with Crippen LogP contribution in [0.25, 0.3) is 10.4 Å². The van der Waals surface area contributed by atoms with Crippen LogP contribution in [0.2, 0.25) is 0 Å². The van der Waals surface area contributed by atoms with Gasteiger partial charge in [0.05, 0.1) is 15.3 Å². The number of hydrogen-bond donors (Lipinski definition) is 0. The monoisotopic (exact) mass is 239 g/mol. The minimum Gasteiger partial charge on any atom is -0.252 e. The second-order valence-corrected chi connectivity index (χ2v) is 6.06. The maximum atomic E-state index is 11.2. The van der Waals surface area contributed by atoms with Crippen LogP contribution in [0.5, 0.6) is 0 Å². The molecule has 0 fully saturated rings. The molecule has 0 aliphatic rings. The second-order valence-electron chi connectivity index (χ2n) is 3.16. The van der Waals surface area contributed by atoms with E-state index in [0.717, 1.165) is 10.4 Å². The summed E-state index contributed by atoms with van der Waals surface area (Å²) in [4.78, 5) is 5.35. The number of sulfone groups is 1. The second kappa shape index (κ2) is 3.75. The molecule has 0 saturated carbocycles. The van der Waals surface area contributed by atoms with Gasteiger partial charge >= 0.3 is 0 Å². The number of benzene rings is 1. The fourth-order valence-corrected chi connectivity index (χ4v) is 2.48. The molecule has 15 heavy (non-hydrogen) atoms. The van der Waals surface area contributed by atoms with Gasteiger partial charge in [-0.05, 0) is 17.7 Å². The van der Waals surface area contributed by atoms with Crippen LogP contribution in [0, 0.1) is 0 Å². The molecule has 3 nitrogen and oxygen atoms in total. The first-order chi connectivity index (χ1) is 7.07. The van der Waals surface area contributed by atoms with E-state index >= 15 is 0 Å². The lowest BCUT2D eigenvalue weighted by Crippen LogP contribution is -1.95. The molecule has 0 N–H and O–H groups in total. The first-order valence-corrected chi connectivity index (χ1v) is 7.03. The zero-order valence-corrected chi connectivity index (χ0v) is 9.68. The van der Waals surface area contributed by atoms with Gasteiger partial charge in [-0.25, -0.2) is 8.42 Å². The van der Waals surface area contributed by atoms with Crippen molar-refractivity contribution in [3.8, 4) is 10.4 Å². The van der Waals surface area contributed by atoms with E-state index in [9.17, 15) is 8.42 Å². The molecule has 1 aromatic carbocycles. The van der Waals surface area contributed by atoms with Crippen LogP contribution < -0.4 is 0 Å². The van der Waals surface area contributed by atoms with Gasteiger partial charge in [-0.2, -0.15) is 0 Å². The largest absolute Gasteiger partial charge is 0.252 e. The van der Waals surface area contributed by atoms with Crippen molar-refractivity contribution in [2.45, 2.75) is 4.90 Å². The fraction of sp³-hybridized carbons (Fsp3) is 0.100. The topological polar surface area (TPSA) is 47.0 Å². The number of nitrogens with zero attached hydrogens (tertiary/aromatic N) is 1. The molecule has 0 unspecified atom stereocenters. The highest BCUT2D eigenvalue weighted by atomic mass is 32.2. The molecule has 0 radical (unpaired) electrons. The van der Waals surface area contributed by atoms with Gasteiger partial charge in [0.25, 0.3) is 0 Å². The Morgan fingerprint density at radius 1 is 1.20 bits per heavy atom. The van der Waals surface area contributed by atoms with E-state index in [1.165, 1.54) is 17.6 Å². The smallest absolute Gasteiger partial charge is 0.175 e. The van der Waals surface area contributed by atoms with Crippen LogP contribution in [0.15, 0.2) is 40.9 Å². The summed E-state index contributed by atoms with van der Waals surface area (Å²) >= 11 is 1.53. The summed E-state index contributed by atoms with van der Waals surface area (Å²) in [6.45, 7) is 0. The molecule has 2 aromatic rings. The third-order valence-corrected chi connectivity index (χ3v) is 3.95. The maximum absolute atomic E-state index is 11.2. The predicted molar refractivity (Wildman–Crippen MR) is 60.7 cm³/mol. The minimum atomic E-state index is -3.10. The first-order valence-electron chi connectivity index (χ1n) is 4.26. The van der Waals surface area contributed by atoms with Crippen molar-refractivity contribution in [3.05, 3.63) is 36.0 Å². The summed E-state index contributed by atoms with van der Waals surface area (Å²) in [5, 5.41) is 0. The average molecular weight is 239 g/mol. The van der Waals surface area contributed by atoms with Crippen molar-refractivity contribution < 1.29 is 8.42 Å². The van der Waals surface area contributed by atoms with Crippen LogP contribution in [0.4, 0.5) is 0 Å². The Kier molecular flexibility index (Phi) is 2.58. The van der Waals surface area contributed by atoms with Crippen LogP contribution >= 0.6 is 11.3 Å². The molecular weight excluding hydrogens is 230 g/mol. The van der Waals surface area contributed by atoms with Crippen molar-refractivity contribution in [1.82, 2.24) is 4.98 Å². The minimum absolute atomic E-state index is 0.343. The highest BCUT2D eigenvalue weighted by Gasteiger charge is 2.06. The number of thiazole rings is 1. The number of rotatable bonds is 2. The van der Waals surface area contributed by atoms with Crippen molar-refractivity contribution in [3.63, 3.8) is 0 Å². The van der Waals surface area contributed by atoms with Gasteiger partial charge in [-0.1, -0.05) is 12.1 Å². The third kappa shape index (κ3) is 2.24. The molecule has 1 heterocycles. The van der Waals surface area contributed by atoms with Crippen molar-refractivity contribution >= 4 is 21.2 Å². The molecule has 0 aliphatic heterocycles. The lowest BCUT2D eigenvalue weighted by atomic mass is 10.2. The van der Waals surface area contributed by atoms with E-state index in [0.29, 0.717) is 4.90 Å². The Labute approximate surface area is 92.3 Å². The molecule has 0 amide bonds. The summed E-state index contributed by atoms with van der Waals surface area (Å²) in [5.74, 6) is 0. The summed E-state index contributed by atoms with van der Waals surface area (Å²) in [5.41, 5.74) is 2.74. The summed E-state index contributed by atoms with van der Waals surface area (Å²) in [6.07, 6.45) is 2.97. The van der Waals surface area contributed by atoms with Gasteiger partial charge in [0.1, 0.15) is 0 Å². The summed E-state index contributed by atoms with van der Waals surface area (Å²) in [6, 6.07) is 6.82. The molecular formula is C10H9NO2S2. The van der Waals surface area contributed by atoms with Crippen LogP contribution in [0.1, 0.15) is 0 Å². The first kappa shape index (κ1) is 10.3. The van der Waals surface area contributed by atoms with E-state index in [4.69, 9.17) is 0 Å². The lowest BCUT2D eigenvalue weighted by molar-refractivity contribution is 0.602. The molecule has 1 aromatic heterocycles. The van der Waals surface area contributed by atoms with E-state index in [-0.39, 0.29) is 0 Å². The molecule has 0 aliphatic carbocycles. The highest BCUT2D eigenvalue weighted by molar-refractivity contribution is 7.90. The quantitative estimate of drug-likeness (QED) is 0.807. The van der Waals surface area contributed by atoms with E-state index in [2.05, 4.69) is 4.98 Å². The van der Waals surface area contributed by atoms with Crippen LogP contribution in [-0.2, 0) is 9.84 Å². The predicted octanol–water partition coefficient (Wildman–Crippen LogP) is 2.21. The number of hydrogen-bond acceptors (Lipinski definition) is 4. The maximum Gasteiger partial charge on any atom is 0.175 e. The molecule has 0 saturated heterocycles. The van der Waals surface area contributed by atoms with Crippen molar-refractivity contribution in [1.29, 1.82) is 0 Å². The third-order valence-electron chi connectivity index (χ3n) is 2.00. The number of aromatic nitrogens is 1. The molecule has 0 spiro atoms. The van der Waals surface area contributed by atoms with Gasteiger partial charge in [0, 0.05) is 12.5 Å². The lowest BCUT2D eigenvalue weighted by Gasteiger charge is -1.99. The normalized spacial score (nSPS) is 11.5. The Bertz CT molecular complexity index is 542. The van der Waals surface area contributed by atoms with Crippen molar-refractivity contribution in [2.24, 2.45) is 0 Å². The Morgan fingerprint density at radius 2 is 1.87 bits per heavy atom. The van der Waals surface area contributed by atoms with Gasteiger partial charge in [-0.3, -0.25) is 4.98 Å². The fourth-order valence-electron chi connectivity index (χ4n) is 1.22. The molecule has 78 valence electrons. The SMILES string of the molecule is CS(=O)(=O)c1ccc(-c2cncs2)cc1. The van der Waals surface area contributed by atoms with Crippen molar-refractivity contribution in [2.75, 3.05) is 6.26 Å². The highest BCUT2D eigenvalue weighted by Crippen LogP contribution is 2.24. The van der Waals surface area contributed by atoms with Gasteiger partial charge in [-0.15, -0.1) is 11.3 Å². The standard InChI is InChI=1S/C10H9NO2S2/c1-15(12,13)9-4-2-8(3-5-9)10-6-11-7-14-10/h2-7H,1H3. The van der Waals surface area contributed by atoms with E-state index < -0.39 is 9.84 Å². The van der Waals surface area contributed by atoms with E-state index in [1.807, 2.05) is 0 Å². The Hall–Kier alpha value is -1.20. The van der Waals surface area contributed by atoms with Crippen LogP contribution in [0.3, 0.4) is 0 Å². The van der Waals surface area contributed by atoms with Crippen LogP contribution in [-0.4, -0.2) is 19.7 Å².